The molecule has 0 spiro atoms. The smallest absolute Gasteiger partial charge is 0.162 e. The lowest BCUT2D eigenvalue weighted by Crippen LogP contribution is -2.02. The molecular formula is C41H26N4. The van der Waals surface area contributed by atoms with Crippen LogP contribution in [0.5, 0.6) is 0 Å². The second-order valence-electron chi connectivity index (χ2n) is 11.0. The molecule has 0 fully saturated rings. The molecule has 0 aliphatic carbocycles. The molecule has 0 amide bonds. The van der Waals surface area contributed by atoms with Gasteiger partial charge in [0.2, 0.25) is 0 Å². The number of nitrogens with zero attached hydrogens (tertiary/aromatic N) is 4. The van der Waals surface area contributed by atoms with Crippen molar-refractivity contribution in [3.05, 3.63) is 163 Å². The Kier molecular flexibility index (Phi) is 6.48. The fourth-order valence-corrected chi connectivity index (χ4v) is 6.10. The van der Waals surface area contributed by atoms with Gasteiger partial charge in [0, 0.05) is 27.5 Å². The van der Waals surface area contributed by atoms with Gasteiger partial charge >= 0.3 is 0 Å². The molecular weight excluding hydrogens is 548 g/mol. The maximum absolute atomic E-state index is 10.0. The Hall–Kier alpha value is -6.31. The van der Waals surface area contributed by atoms with Crippen molar-refractivity contribution in [2.24, 2.45) is 0 Å². The molecule has 0 radical (unpaired) electrons. The Labute approximate surface area is 261 Å². The first-order valence-corrected chi connectivity index (χ1v) is 14.9. The first kappa shape index (κ1) is 26.3. The highest BCUT2D eigenvalue weighted by atomic mass is 15.0. The van der Waals surface area contributed by atoms with E-state index in [0.29, 0.717) is 11.4 Å². The van der Waals surface area contributed by atoms with Gasteiger partial charge in [-0.25, -0.2) is 9.97 Å². The minimum atomic E-state index is 0.572. The number of para-hydroxylation sites is 1. The lowest BCUT2D eigenvalue weighted by Gasteiger charge is -2.15. The Morgan fingerprint density at radius 1 is 0.467 bits per heavy atom. The van der Waals surface area contributed by atoms with E-state index in [-0.39, 0.29) is 0 Å². The van der Waals surface area contributed by atoms with Gasteiger partial charge in [-0.2, -0.15) is 5.26 Å². The van der Waals surface area contributed by atoms with E-state index in [9.17, 15) is 5.26 Å². The minimum Gasteiger partial charge on any atom is -0.308 e. The molecule has 210 valence electrons. The summed E-state index contributed by atoms with van der Waals surface area (Å²) in [5.74, 6) is 0.599. The number of rotatable bonds is 5. The van der Waals surface area contributed by atoms with E-state index in [4.69, 9.17) is 9.97 Å². The van der Waals surface area contributed by atoms with Crippen LogP contribution in [-0.2, 0) is 0 Å². The number of nitriles is 1. The Morgan fingerprint density at radius 3 is 1.69 bits per heavy atom. The summed E-state index contributed by atoms with van der Waals surface area (Å²) < 4.78 is 2.25. The third kappa shape index (κ3) is 4.74. The molecule has 0 unspecified atom stereocenters. The van der Waals surface area contributed by atoms with Crippen LogP contribution in [0.1, 0.15) is 5.56 Å². The van der Waals surface area contributed by atoms with Gasteiger partial charge in [-0.1, -0.05) is 115 Å². The quantitative estimate of drug-likeness (QED) is 0.205. The van der Waals surface area contributed by atoms with Crippen molar-refractivity contribution in [2.45, 2.75) is 0 Å². The minimum absolute atomic E-state index is 0.572. The van der Waals surface area contributed by atoms with Crippen LogP contribution in [-0.4, -0.2) is 14.5 Å². The van der Waals surface area contributed by atoms with Gasteiger partial charge in [0.1, 0.15) is 0 Å². The summed E-state index contributed by atoms with van der Waals surface area (Å²) in [7, 11) is 0. The highest BCUT2D eigenvalue weighted by Crippen LogP contribution is 2.38. The van der Waals surface area contributed by atoms with Crippen LogP contribution in [0.2, 0.25) is 0 Å². The van der Waals surface area contributed by atoms with Crippen LogP contribution in [0.15, 0.2) is 158 Å². The summed E-state index contributed by atoms with van der Waals surface area (Å²) in [6.45, 7) is 0. The molecule has 2 heterocycles. The van der Waals surface area contributed by atoms with Crippen LogP contribution in [0.4, 0.5) is 0 Å². The molecule has 8 rings (SSSR count). The predicted molar refractivity (Wildman–Crippen MR) is 183 cm³/mol. The Balaban J connectivity index is 1.41. The monoisotopic (exact) mass is 574 g/mol. The van der Waals surface area contributed by atoms with Crippen LogP contribution >= 0.6 is 0 Å². The van der Waals surface area contributed by atoms with Gasteiger partial charge in [-0.3, -0.25) is 0 Å². The third-order valence-corrected chi connectivity index (χ3v) is 8.25. The molecule has 0 saturated carbocycles. The highest BCUT2D eigenvalue weighted by Gasteiger charge is 2.19. The fraction of sp³-hybridized carbons (Fsp3) is 0. The highest BCUT2D eigenvalue weighted by molar-refractivity contribution is 6.11. The SMILES string of the molecule is N#Cc1ccc(-c2nc(-c3ccccc3)cc(-c3ccccc3)n2)c(-n2c3ccccc3c3cc(-c4ccccc4)ccc32)c1. The largest absolute Gasteiger partial charge is 0.308 e. The van der Waals surface area contributed by atoms with E-state index in [1.807, 2.05) is 66.7 Å². The lowest BCUT2D eigenvalue weighted by molar-refractivity contribution is 1.14. The van der Waals surface area contributed by atoms with Gasteiger partial charge in [0.05, 0.1) is 39.7 Å². The predicted octanol–water partition coefficient (Wildman–Crippen LogP) is 10.1. The number of hydrogen-bond donors (Lipinski definition) is 0. The van der Waals surface area contributed by atoms with Gasteiger partial charge in [0.15, 0.2) is 5.82 Å². The molecule has 4 nitrogen and oxygen atoms in total. The second kappa shape index (κ2) is 11.1. The molecule has 0 bridgehead atoms. The lowest BCUT2D eigenvalue weighted by atomic mass is 10.0. The number of aromatic nitrogens is 3. The maximum Gasteiger partial charge on any atom is 0.162 e. The average molecular weight is 575 g/mol. The zero-order valence-corrected chi connectivity index (χ0v) is 24.3. The fourth-order valence-electron chi connectivity index (χ4n) is 6.10. The van der Waals surface area contributed by atoms with Gasteiger partial charge < -0.3 is 4.57 Å². The van der Waals surface area contributed by atoms with Gasteiger partial charge in [0.25, 0.3) is 0 Å². The summed E-state index contributed by atoms with van der Waals surface area (Å²) in [4.78, 5) is 10.3. The molecule has 2 aromatic heterocycles. The maximum atomic E-state index is 10.0. The van der Waals surface area contributed by atoms with E-state index < -0.39 is 0 Å². The van der Waals surface area contributed by atoms with Gasteiger partial charge in [-0.05, 0) is 53.6 Å². The van der Waals surface area contributed by atoms with E-state index in [1.165, 1.54) is 5.56 Å². The van der Waals surface area contributed by atoms with Crippen LogP contribution in [0.25, 0.3) is 72.5 Å². The Bertz CT molecular complexity index is 2310. The van der Waals surface area contributed by atoms with Crippen LogP contribution in [0.3, 0.4) is 0 Å². The van der Waals surface area contributed by atoms with Crippen LogP contribution < -0.4 is 0 Å². The molecule has 45 heavy (non-hydrogen) atoms. The number of hydrogen-bond acceptors (Lipinski definition) is 3. The van der Waals surface area contributed by atoms with E-state index in [1.54, 1.807) is 0 Å². The van der Waals surface area contributed by atoms with E-state index in [2.05, 4.69) is 102 Å². The summed E-state index contributed by atoms with van der Waals surface area (Å²) in [5, 5.41) is 12.3. The third-order valence-electron chi connectivity index (χ3n) is 8.25. The van der Waals surface area contributed by atoms with Crippen LogP contribution in [0, 0.1) is 11.3 Å². The average Bonchev–Trinajstić information content (AvgIpc) is 3.46. The topological polar surface area (TPSA) is 54.5 Å². The zero-order chi connectivity index (χ0) is 30.2. The molecule has 0 aliphatic heterocycles. The molecule has 0 saturated heterocycles. The molecule has 0 atom stereocenters. The summed E-state index contributed by atoms with van der Waals surface area (Å²) >= 11 is 0. The zero-order valence-electron chi connectivity index (χ0n) is 24.3. The molecule has 4 heteroatoms. The molecule has 8 aromatic rings. The van der Waals surface area contributed by atoms with E-state index >= 15 is 0 Å². The molecule has 6 aromatic carbocycles. The summed E-state index contributed by atoms with van der Waals surface area (Å²) in [5.41, 5.74) is 10.4. The summed E-state index contributed by atoms with van der Waals surface area (Å²) in [6.07, 6.45) is 0. The molecule has 0 N–H and O–H groups in total. The van der Waals surface area contributed by atoms with Gasteiger partial charge in [-0.15, -0.1) is 0 Å². The first-order valence-electron chi connectivity index (χ1n) is 14.9. The van der Waals surface area contributed by atoms with Crippen molar-refractivity contribution in [1.29, 1.82) is 5.26 Å². The summed E-state index contributed by atoms with van der Waals surface area (Å²) in [6, 6.07) is 56.0. The normalized spacial score (nSPS) is 11.1. The number of fused-ring (bicyclic) bond motifs is 3. The molecule has 0 aliphatic rings. The van der Waals surface area contributed by atoms with Crippen molar-refractivity contribution >= 4 is 21.8 Å². The van der Waals surface area contributed by atoms with Crippen molar-refractivity contribution in [3.8, 4) is 56.8 Å². The van der Waals surface area contributed by atoms with Crippen molar-refractivity contribution < 1.29 is 0 Å². The van der Waals surface area contributed by atoms with Crippen molar-refractivity contribution in [2.75, 3.05) is 0 Å². The Morgan fingerprint density at radius 2 is 1.04 bits per heavy atom. The first-order chi connectivity index (χ1) is 22.3. The van der Waals surface area contributed by atoms with Crippen molar-refractivity contribution in [1.82, 2.24) is 14.5 Å². The van der Waals surface area contributed by atoms with E-state index in [0.717, 1.165) is 61.1 Å². The van der Waals surface area contributed by atoms with Crippen molar-refractivity contribution in [3.63, 3.8) is 0 Å². The number of benzene rings is 6. The standard InChI is InChI=1S/C41H26N4/c42-27-28-20-22-34(41-43-36(30-14-6-2-7-15-30)26-37(44-41)31-16-8-3-9-17-31)40(24-28)45-38-19-11-10-18-33(38)35-25-32(21-23-39(35)45)29-12-4-1-5-13-29/h1-26H. The second-order valence-corrected chi connectivity index (χ2v) is 11.0.